The molecule has 1 aromatic carbocycles. The van der Waals surface area contributed by atoms with E-state index in [0.717, 1.165) is 6.07 Å². The molecule has 0 fully saturated rings. The van der Waals surface area contributed by atoms with Crippen LogP contribution in [0.15, 0.2) is 18.2 Å². The Balaban J connectivity index is 3.21. The van der Waals surface area contributed by atoms with Crippen LogP contribution in [0, 0.1) is 0 Å². The number of carboxylic acids is 1. The van der Waals surface area contributed by atoms with Crippen LogP contribution in [0.2, 0.25) is 0 Å². The molecule has 1 rings (SSSR count). The summed E-state index contributed by atoms with van der Waals surface area (Å²) in [6, 6.07) is 3.86. The van der Waals surface area contributed by atoms with Crippen molar-refractivity contribution >= 4 is 11.7 Å². The molecule has 0 aromatic heterocycles. The van der Waals surface area contributed by atoms with Gasteiger partial charge in [0.05, 0.1) is 11.3 Å². The number of nitrogen functional groups attached to an aromatic ring is 1. The predicted octanol–water partition coefficient (Wildman–Crippen LogP) is 0.376. The number of hydrogen-bond donors (Lipinski definition) is 4. The SMILES string of the molecule is NNc1ccc(O)cc1C(=O)O. The fraction of sp³-hybridized carbons (Fsp3) is 0. The van der Waals surface area contributed by atoms with Gasteiger partial charge in [0.1, 0.15) is 5.75 Å². The van der Waals surface area contributed by atoms with Gasteiger partial charge in [0.15, 0.2) is 0 Å². The van der Waals surface area contributed by atoms with Crippen LogP contribution in [0.25, 0.3) is 0 Å². The normalized spacial score (nSPS) is 9.42. The fourth-order valence-corrected chi connectivity index (χ4v) is 0.835. The van der Waals surface area contributed by atoms with Gasteiger partial charge in [-0.3, -0.25) is 5.84 Å². The Labute approximate surface area is 68.4 Å². The molecule has 1 aromatic rings. The van der Waals surface area contributed by atoms with E-state index < -0.39 is 5.97 Å². The molecule has 0 unspecified atom stereocenters. The first-order valence-corrected chi connectivity index (χ1v) is 3.18. The van der Waals surface area contributed by atoms with E-state index in [1.165, 1.54) is 12.1 Å². The van der Waals surface area contributed by atoms with Crippen LogP contribution in [-0.4, -0.2) is 16.2 Å². The molecule has 5 N–H and O–H groups in total. The Kier molecular flexibility index (Phi) is 2.16. The summed E-state index contributed by atoms with van der Waals surface area (Å²) in [5.74, 6) is 3.80. The molecule has 0 amide bonds. The zero-order chi connectivity index (χ0) is 9.14. The molecule has 0 spiro atoms. The highest BCUT2D eigenvalue weighted by Crippen LogP contribution is 2.19. The van der Waals surface area contributed by atoms with Crippen LogP contribution in [-0.2, 0) is 0 Å². The molecular formula is C7H8N2O3. The highest BCUT2D eigenvalue weighted by atomic mass is 16.4. The van der Waals surface area contributed by atoms with Gasteiger partial charge in [-0.2, -0.15) is 0 Å². The van der Waals surface area contributed by atoms with Gasteiger partial charge in [-0.15, -0.1) is 0 Å². The summed E-state index contributed by atoms with van der Waals surface area (Å²) in [5, 5.41) is 17.6. The Bertz CT molecular complexity index is 312. The summed E-state index contributed by atoms with van der Waals surface area (Å²) < 4.78 is 0. The average molecular weight is 168 g/mol. The van der Waals surface area contributed by atoms with Crippen molar-refractivity contribution in [1.82, 2.24) is 0 Å². The summed E-state index contributed by atoms with van der Waals surface area (Å²) >= 11 is 0. The van der Waals surface area contributed by atoms with Gasteiger partial charge in [-0.1, -0.05) is 0 Å². The number of aromatic carboxylic acids is 1. The van der Waals surface area contributed by atoms with Crippen molar-refractivity contribution in [3.63, 3.8) is 0 Å². The molecule has 12 heavy (non-hydrogen) atoms. The van der Waals surface area contributed by atoms with Gasteiger partial charge in [0, 0.05) is 0 Å². The van der Waals surface area contributed by atoms with Crippen molar-refractivity contribution in [3.05, 3.63) is 23.8 Å². The summed E-state index contributed by atoms with van der Waals surface area (Å²) in [4.78, 5) is 10.5. The Morgan fingerprint density at radius 3 is 2.67 bits per heavy atom. The van der Waals surface area contributed by atoms with Crippen LogP contribution >= 0.6 is 0 Å². The van der Waals surface area contributed by atoms with Gasteiger partial charge >= 0.3 is 5.97 Å². The number of phenolic OH excluding ortho intramolecular Hbond substituents is 1. The topological polar surface area (TPSA) is 95.6 Å². The van der Waals surface area contributed by atoms with Crippen LogP contribution in [0.3, 0.4) is 0 Å². The van der Waals surface area contributed by atoms with E-state index in [9.17, 15) is 4.79 Å². The fourth-order valence-electron chi connectivity index (χ4n) is 0.835. The molecule has 0 heterocycles. The monoisotopic (exact) mass is 168 g/mol. The number of anilines is 1. The lowest BCUT2D eigenvalue weighted by Crippen LogP contribution is -2.11. The number of aromatic hydroxyl groups is 1. The Morgan fingerprint density at radius 1 is 1.50 bits per heavy atom. The number of carbonyl (C=O) groups is 1. The number of nitrogens with one attached hydrogen (secondary N) is 1. The Hall–Kier alpha value is -1.75. The van der Waals surface area contributed by atoms with Gasteiger partial charge in [0.25, 0.3) is 0 Å². The number of rotatable bonds is 2. The number of carboxylic acid groups (broad SMARTS) is 1. The molecule has 64 valence electrons. The quantitative estimate of drug-likeness (QED) is 0.291. The number of benzene rings is 1. The molecule has 0 bridgehead atoms. The van der Waals surface area contributed by atoms with Gasteiger partial charge in [0.2, 0.25) is 0 Å². The van der Waals surface area contributed by atoms with E-state index in [-0.39, 0.29) is 17.0 Å². The molecule has 5 nitrogen and oxygen atoms in total. The molecular weight excluding hydrogens is 160 g/mol. The van der Waals surface area contributed by atoms with E-state index in [2.05, 4.69) is 5.43 Å². The van der Waals surface area contributed by atoms with Crippen molar-refractivity contribution in [1.29, 1.82) is 0 Å². The van der Waals surface area contributed by atoms with Crippen LogP contribution in [0.1, 0.15) is 10.4 Å². The average Bonchev–Trinajstić information content (AvgIpc) is 2.04. The Morgan fingerprint density at radius 2 is 2.17 bits per heavy atom. The summed E-state index contributed by atoms with van der Waals surface area (Å²) in [6.07, 6.45) is 0. The zero-order valence-corrected chi connectivity index (χ0v) is 6.11. The second-order valence-corrected chi connectivity index (χ2v) is 2.18. The molecule has 0 saturated heterocycles. The molecule has 0 aliphatic rings. The molecule has 0 atom stereocenters. The lowest BCUT2D eigenvalue weighted by atomic mass is 10.2. The third kappa shape index (κ3) is 1.46. The van der Waals surface area contributed by atoms with Crippen LogP contribution in [0.5, 0.6) is 5.75 Å². The van der Waals surface area contributed by atoms with Crippen LogP contribution in [0.4, 0.5) is 5.69 Å². The van der Waals surface area contributed by atoms with Crippen molar-refractivity contribution in [2.24, 2.45) is 5.84 Å². The van der Waals surface area contributed by atoms with Gasteiger partial charge < -0.3 is 15.6 Å². The highest BCUT2D eigenvalue weighted by Gasteiger charge is 2.09. The van der Waals surface area contributed by atoms with Crippen LogP contribution < -0.4 is 11.3 Å². The number of nitrogens with two attached hydrogens (primary N) is 1. The van der Waals surface area contributed by atoms with E-state index >= 15 is 0 Å². The zero-order valence-electron chi connectivity index (χ0n) is 6.11. The maximum absolute atomic E-state index is 10.5. The summed E-state index contributed by atoms with van der Waals surface area (Å²) in [7, 11) is 0. The highest BCUT2D eigenvalue weighted by molar-refractivity contribution is 5.94. The second kappa shape index (κ2) is 3.10. The van der Waals surface area contributed by atoms with Crippen molar-refractivity contribution in [3.8, 4) is 5.75 Å². The first-order chi connectivity index (χ1) is 5.65. The lowest BCUT2D eigenvalue weighted by molar-refractivity contribution is 0.0697. The van der Waals surface area contributed by atoms with E-state index in [4.69, 9.17) is 16.1 Å². The lowest BCUT2D eigenvalue weighted by Gasteiger charge is -2.04. The number of phenols is 1. The molecule has 0 aliphatic carbocycles. The summed E-state index contributed by atoms with van der Waals surface area (Å²) in [5.41, 5.74) is 2.42. The molecule has 0 radical (unpaired) electrons. The predicted molar refractivity (Wildman–Crippen MR) is 42.9 cm³/mol. The van der Waals surface area contributed by atoms with Gasteiger partial charge in [-0.25, -0.2) is 4.79 Å². The number of hydrogen-bond acceptors (Lipinski definition) is 4. The first-order valence-electron chi connectivity index (χ1n) is 3.18. The van der Waals surface area contributed by atoms with Crippen molar-refractivity contribution < 1.29 is 15.0 Å². The third-order valence-electron chi connectivity index (χ3n) is 1.39. The first kappa shape index (κ1) is 8.35. The summed E-state index contributed by atoms with van der Waals surface area (Å²) in [6.45, 7) is 0. The van der Waals surface area contributed by atoms with Crippen molar-refractivity contribution in [2.45, 2.75) is 0 Å². The van der Waals surface area contributed by atoms with Crippen molar-refractivity contribution in [2.75, 3.05) is 5.43 Å². The van der Waals surface area contributed by atoms with E-state index in [1.807, 2.05) is 0 Å². The van der Waals surface area contributed by atoms with Gasteiger partial charge in [-0.05, 0) is 18.2 Å². The minimum absolute atomic E-state index is 0.0579. The molecule has 0 saturated carbocycles. The smallest absolute Gasteiger partial charge is 0.337 e. The second-order valence-electron chi connectivity index (χ2n) is 2.18. The minimum Gasteiger partial charge on any atom is -0.508 e. The third-order valence-corrected chi connectivity index (χ3v) is 1.39. The maximum Gasteiger partial charge on any atom is 0.337 e. The standard InChI is InChI=1S/C7H8N2O3/c8-9-6-2-1-4(10)3-5(6)7(11)12/h1-3,9-10H,8H2,(H,11,12). The maximum atomic E-state index is 10.5. The molecule has 5 heteroatoms. The minimum atomic E-state index is -1.14. The molecule has 0 aliphatic heterocycles. The largest absolute Gasteiger partial charge is 0.508 e. The number of hydrazine groups is 1. The van der Waals surface area contributed by atoms with E-state index in [0.29, 0.717) is 0 Å². The van der Waals surface area contributed by atoms with E-state index in [1.54, 1.807) is 0 Å².